The van der Waals surface area contributed by atoms with Gasteiger partial charge in [0.2, 0.25) is 0 Å². The Hall–Kier alpha value is -0.470. The largest absolute Gasteiger partial charge is 0.313 e. The lowest BCUT2D eigenvalue weighted by molar-refractivity contribution is 0.637. The van der Waals surface area contributed by atoms with Crippen LogP contribution in [0.15, 0.2) is 29.2 Å². The highest BCUT2D eigenvalue weighted by Crippen LogP contribution is 2.23. The van der Waals surface area contributed by atoms with E-state index in [0.29, 0.717) is 6.04 Å². The van der Waals surface area contributed by atoms with Gasteiger partial charge in [0.15, 0.2) is 0 Å². The van der Waals surface area contributed by atoms with Gasteiger partial charge in [0.1, 0.15) is 0 Å². The first-order valence-electron chi connectivity index (χ1n) is 6.07. The molecule has 2 heteroatoms. The molecule has 16 heavy (non-hydrogen) atoms. The van der Waals surface area contributed by atoms with E-state index < -0.39 is 0 Å². The summed E-state index contributed by atoms with van der Waals surface area (Å²) in [6, 6.07) is 9.35. The molecule has 0 saturated carbocycles. The van der Waals surface area contributed by atoms with Crippen LogP contribution in [0.1, 0.15) is 38.8 Å². The predicted molar refractivity (Wildman–Crippen MR) is 74.1 cm³/mol. The van der Waals surface area contributed by atoms with Crippen LogP contribution in [0, 0.1) is 5.92 Å². The highest BCUT2D eigenvalue weighted by molar-refractivity contribution is 7.99. The van der Waals surface area contributed by atoms with Crippen molar-refractivity contribution in [2.75, 3.05) is 12.8 Å². The Labute approximate surface area is 104 Å². The van der Waals surface area contributed by atoms with Crippen LogP contribution in [0.3, 0.4) is 0 Å². The summed E-state index contributed by atoms with van der Waals surface area (Å²) < 4.78 is 0. The van der Waals surface area contributed by atoms with Gasteiger partial charge >= 0.3 is 0 Å². The Balaban J connectivity index is 2.51. The summed E-state index contributed by atoms with van der Waals surface area (Å²) in [5, 5.41) is 3.25. The van der Waals surface area contributed by atoms with Gasteiger partial charge in [-0.15, -0.1) is 11.8 Å². The van der Waals surface area contributed by atoms with Crippen LogP contribution in [0.2, 0.25) is 0 Å². The van der Waals surface area contributed by atoms with Crippen molar-refractivity contribution in [3.05, 3.63) is 29.8 Å². The van der Waals surface area contributed by atoms with E-state index in [-0.39, 0.29) is 0 Å². The van der Waals surface area contributed by atoms with Gasteiger partial charge in [-0.05, 0) is 37.6 Å². The van der Waals surface area contributed by atoms with Gasteiger partial charge in [-0.2, -0.15) is 0 Å². The normalized spacial score (nSPS) is 14.8. The van der Waals surface area contributed by atoms with Crippen molar-refractivity contribution in [2.45, 2.75) is 38.1 Å². The predicted octanol–water partition coefficient (Wildman–Crippen LogP) is 4.11. The fourth-order valence-corrected chi connectivity index (χ4v) is 2.42. The molecule has 0 aromatic heterocycles. The number of rotatable bonds is 6. The molecule has 0 spiro atoms. The van der Waals surface area contributed by atoms with Gasteiger partial charge in [0.25, 0.3) is 0 Å². The van der Waals surface area contributed by atoms with Crippen molar-refractivity contribution >= 4 is 11.8 Å². The molecule has 0 heterocycles. The molecule has 0 amide bonds. The summed E-state index contributed by atoms with van der Waals surface area (Å²) in [5.74, 6) is 2.03. The van der Waals surface area contributed by atoms with E-state index in [1.165, 1.54) is 22.6 Å². The summed E-state index contributed by atoms with van der Waals surface area (Å²) in [4.78, 5) is 1.38. The molecule has 0 aliphatic heterocycles. The number of hydrogen-bond acceptors (Lipinski definition) is 2. The third-order valence-corrected chi connectivity index (χ3v) is 4.39. The minimum Gasteiger partial charge on any atom is -0.313 e. The molecule has 0 fully saturated rings. The number of benzene rings is 1. The van der Waals surface area contributed by atoms with E-state index in [2.05, 4.69) is 50.4 Å². The Morgan fingerprint density at radius 3 is 2.31 bits per heavy atom. The van der Waals surface area contributed by atoms with Gasteiger partial charge in [0, 0.05) is 16.7 Å². The highest BCUT2D eigenvalue weighted by Gasteiger charge is 2.03. The minimum absolute atomic E-state index is 0.439. The Bertz CT molecular complexity index is 294. The van der Waals surface area contributed by atoms with Crippen molar-refractivity contribution < 1.29 is 0 Å². The number of nitrogens with one attached hydrogen (secondary N) is 1. The molecule has 2 atom stereocenters. The van der Waals surface area contributed by atoms with E-state index in [1.54, 1.807) is 0 Å². The van der Waals surface area contributed by atoms with E-state index in [1.807, 2.05) is 18.8 Å². The van der Waals surface area contributed by atoms with E-state index >= 15 is 0 Å². The molecule has 0 aliphatic carbocycles. The van der Waals surface area contributed by atoms with Gasteiger partial charge in [-0.25, -0.2) is 0 Å². The molecule has 90 valence electrons. The molecule has 1 nitrogen and oxygen atoms in total. The first kappa shape index (κ1) is 13.6. The monoisotopic (exact) mass is 237 g/mol. The molecule has 0 bridgehead atoms. The summed E-state index contributed by atoms with van der Waals surface area (Å²) in [5.41, 5.74) is 1.36. The van der Waals surface area contributed by atoms with Crippen LogP contribution < -0.4 is 5.32 Å². The quantitative estimate of drug-likeness (QED) is 0.747. The van der Waals surface area contributed by atoms with Crippen molar-refractivity contribution in [1.29, 1.82) is 0 Å². The second-order valence-corrected chi connectivity index (χ2v) is 5.50. The van der Waals surface area contributed by atoms with Gasteiger partial charge in [0.05, 0.1) is 0 Å². The number of hydrogen-bond donors (Lipinski definition) is 1. The molecule has 0 saturated heterocycles. The fourth-order valence-electron chi connectivity index (χ4n) is 1.38. The third kappa shape index (κ3) is 4.18. The minimum atomic E-state index is 0.439. The maximum Gasteiger partial charge on any atom is 0.0289 e. The molecule has 1 rings (SSSR count). The maximum atomic E-state index is 3.25. The van der Waals surface area contributed by atoms with E-state index in [9.17, 15) is 0 Å². The summed E-state index contributed by atoms with van der Waals surface area (Å²) >= 11 is 1.96. The lowest BCUT2D eigenvalue weighted by Gasteiger charge is -2.12. The lowest BCUT2D eigenvalue weighted by atomic mass is 10.1. The topological polar surface area (TPSA) is 12.0 Å². The van der Waals surface area contributed by atoms with Gasteiger partial charge < -0.3 is 5.32 Å². The molecule has 0 radical (unpaired) electrons. The summed E-state index contributed by atoms with van der Waals surface area (Å²) in [6.45, 7) is 6.74. The Morgan fingerprint density at radius 2 is 1.81 bits per heavy atom. The Kier molecular flexibility index (Phi) is 5.93. The molecular weight excluding hydrogens is 214 g/mol. The van der Waals surface area contributed by atoms with Crippen LogP contribution in [-0.2, 0) is 0 Å². The molecule has 1 N–H and O–H groups in total. The zero-order valence-electron chi connectivity index (χ0n) is 10.8. The molecule has 1 aromatic carbocycles. The first-order chi connectivity index (χ1) is 7.67. The van der Waals surface area contributed by atoms with Crippen LogP contribution in [-0.4, -0.2) is 12.8 Å². The SMILES string of the molecule is CCC(C)CSc1ccc(C(C)NC)cc1. The van der Waals surface area contributed by atoms with Crippen LogP contribution in [0.25, 0.3) is 0 Å². The molecule has 0 aliphatic rings. The van der Waals surface area contributed by atoms with Gasteiger partial charge in [-0.3, -0.25) is 0 Å². The fraction of sp³-hybridized carbons (Fsp3) is 0.571. The standard InChI is InChI=1S/C14H23NS/c1-5-11(2)10-16-14-8-6-13(7-9-14)12(3)15-4/h6-9,11-12,15H,5,10H2,1-4H3. The zero-order chi connectivity index (χ0) is 12.0. The van der Waals surface area contributed by atoms with Crippen molar-refractivity contribution in [3.63, 3.8) is 0 Å². The molecular formula is C14H23NS. The van der Waals surface area contributed by atoms with Crippen molar-refractivity contribution in [3.8, 4) is 0 Å². The zero-order valence-corrected chi connectivity index (χ0v) is 11.6. The second kappa shape index (κ2) is 6.97. The molecule has 1 aromatic rings. The smallest absolute Gasteiger partial charge is 0.0289 e. The summed E-state index contributed by atoms with van der Waals surface area (Å²) in [7, 11) is 2.00. The van der Waals surface area contributed by atoms with Crippen LogP contribution >= 0.6 is 11.8 Å². The summed E-state index contributed by atoms with van der Waals surface area (Å²) in [6.07, 6.45) is 1.27. The van der Waals surface area contributed by atoms with Crippen LogP contribution in [0.4, 0.5) is 0 Å². The number of thioether (sulfide) groups is 1. The van der Waals surface area contributed by atoms with Crippen molar-refractivity contribution in [2.24, 2.45) is 5.92 Å². The second-order valence-electron chi connectivity index (χ2n) is 4.40. The third-order valence-electron chi connectivity index (χ3n) is 3.04. The van der Waals surface area contributed by atoms with E-state index in [4.69, 9.17) is 0 Å². The Morgan fingerprint density at radius 1 is 1.19 bits per heavy atom. The van der Waals surface area contributed by atoms with Crippen molar-refractivity contribution in [1.82, 2.24) is 5.32 Å². The molecule has 2 unspecified atom stereocenters. The highest BCUT2D eigenvalue weighted by atomic mass is 32.2. The van der Waals surface area contributed by atoms with Gasteiger partial charge in [-0.1, -0.05) is 32.4 Å². The maximum absolute atomic E-state index is 3.25. The van der Waals surface area contributed by atoms with Crippen LogP contribution in [0.5, 0.6) is 0 Å². The van der Waals surface area contributed by atoms with E-state index in [0.717, 1.165) is 5.92 Å². The average Bonchev–Trinajstić information content (AvgIpc) is 2.35. The lowest BCUT2D eigenvalue weighted by Crippen LogP contribution is -2.11. The first-order valence-corrected chi connectivity index (χ1v) is 7.06. The average molecular weight is 237 g/mol.